The minimum absolute atomic E-state index is 0.00459. The molecule has 172 valence electrons. The van der Waals surface area contributed by atoms with E-state index in [0.717, 1.165) is 49.5 Å². The number of aromatic nitrogens is 4. The fraction of sp³-hybridized carbons (Fsp3) is 0.429. The monoisotopic (exact) mass is 472 g/mol. The number of carboxylic acids is 1. The van der Waals surface area contributed by atoms with Crippen LogP contribution in [-0.4, -0.2) is 55.0 Å². The van der Waals surface area contributed by atoms with Gasteiger partial charge in [0.05, 0.1) is 11.3 Å². The van der Waals surface area contributed by atoms with E-state index in [4.69, 9.17) is 0 Å². The molecule has 1 saturated carbocycles. The van der Waals surface area contributed by atoms with Crippen LogP contribution in [0.3, 0.4) is 0 Å². The van der Waals surface area contributed by atoms with Gasteiger partial charge in [-0.25, -0.2) is 19.2 Å². The number of aromatic carboxylic acids is 1. The van der Waals surface area contributed by atoms with Gasteiger partial charge in [-0.05, 0) is 18.9 Å². The molecule has 2 aliphatic rings. The Kier molecular flexibility index (Phi) is 5.52. The number of carboxylic acid groups (broad SMARTS) is 1. The number of nitrogens with zero attached hydrogens (tertiary/aromatic N) is 5. The molecule has 4 heterocycles. The number of carbonyl (C=O) groups excluding carboxylic acids is 1. The number of anilines is 1. The topological polar surface area (TPSA) is 130 Å². The van der Waals surface area contributed by atoms with E-state index in [1.54, 1.807) is 4.90 Å². The van der Waals surface area contributed by atoms with Crippen LogP contribution in [0.25, 0.3) is 16.2 Å². The molecule has 0 unspecified atom stereocenters. The Hall–Kier alpha value is -3.41. The summed E-state index contributed by atoms with van der Waals surface area (Å²) in [4.78, 5) is 46.8. The second kappa shape index (κ2) is 8.50. The molecule has 1 saturated heterocycles. The van der Waals surface area contributed by atoms with Gasteiger partial charge in [0.15, 0.2) is 17.3 Å². The maximum Gasteiger partial charge on any atom is 0.341 e. The lowest BCUT2D eigenvalue weighted by Gasteiger charge is -2.40. The van der Waals surface area contributed by atoms with Crippen LogP contribution in [0, 0.1) is 11.7 Å². The number of nitrogens with one attached hydrogen (secondary N) is 1. The number of hydrogen-bond acceptors (Lipinski definition) is 8. The highest BCUT2D eigenvalue weighted by Crippen LogP contribution is 2.29. The Bertz CT molecular complexity index is 1280. The average Bonchev–Trinajstić information content (AvgIpc) is 3.29. The summed E-state index contributed by atoms with van der Waals surface area (Å²) in [5.74, 6) is -2.47. The molecule has 0 radical (unpaired) electrons. The number of pyridine rings is 2. The van der Waals surface area contributed by atoms with E-state index in [-0.39, 0.29) is 34.7 Å². The van der Waals surface area contributed by atoms with Crippen molar-refractivity contribution < 1.29 is 19.1 Å². The van der Waals surface area contributed by atoms with Crippen molar-refractivity contribution in [3.8, 4) is 5.13 Å². The van der Waals surface area contributed by atoms with Crippen LogP contribution in [0.1, 0.15) is 42.5 Å². The summed E-state index contributed by atoms with van der Waals surface area (Å²) in [6.45, 7) is 0.620. The summed E-state index contributed by atoms with van der Waals surface area (Å²) >= 11 is 0.983. The highest BCUT2D eigenvalue weighted by Gasteiger charge is 2.36. The number of amides is 1. The third kappa shape index (κ3) is 3.94. The molecule has 33 heavy (non-hydrogen) atoms. The van der Waals surface area contributed by atoms with Crippen LogP contribution in [0.4, 0.5) is 10.2 Å². The van der Waals surface area contributed by atoms with Crippen LogP contribution in [0.2, 0.25) is 0 Å². The van der Waals surface area contributed by atoms with Crippen molar-refractivity contribution in [2.45, 2.75) is 38.1 Å². The molecule has 0 spiro atoms. The minimum Gasteiger partial charge on any atom is -0.477 e. The molecule has 3 aromatic rings. The molecule has 1 aliphatic heterocycles. The summed E-state index contributed by atoms with van der Waals surface area (Å²) in [6.07, 6.45) is 7.84. The summed E-state index contributed by atoms with van der Waals surface area (Å²) < 4.78 is 20.2. The van der Waals surface area contributed by atoms with Crippen LogP contribution in [0.5, 0.6) is 0 Å². The highest BCUT2D eigenvalue weighted by atomic mass is 32.1. The number of rotatable bonds is 5. The number of carbonyl (C=O) groups is 2. The second-order valence-corrected chi connectivity index (χ2v) is 9.14. The van der Waals surface area contributed by atoms with Gasteiger partial charge in [0.25, 0.3) is 0 Å². The summed E-state index contributed by atoms with van der Waals surface area (Å²) in [5.41, 5.74) is -1.27. The van der Waals surface area contributed by atoms with Crippen LogP contribution < -0.4 is 15.6 Å². The zero-order valence-electron chi connectivity index (χ0n) is 17.5. The standard InChI is InChI=1S/C21H21FN6O4S/c22-15-6-13-16(29)14(20(31)32)9-28(21-23-10-24-33-21)17(13)26-18(15)27-7-11(8-27)19(30)25-12-4-2-1-3-5-12/h6,9-12H,1-5,7-8H2,(H,25,30)(H,31,32). The predicted molar refractivity (Wildman–Crippen MR) is 118 cm³/mol. The van der Waals surface area contributed by atoms with Crippen molar-refractivity contribution >= 4 is 40.3 Å². The molecule has 0 atom stereocenters. The highest BCUT2D eigenvalue weighted by molar-refractivity contribution is 7.08. The zero-order valence-corrected chi connectivity index (χ0v) is 18.3. The summed E-state index contributed by atoms with van der Waals surface area (Å²) in [7, 11) is 0. The number of halogens is 1. The molecular formula is C21H21FN6O4S. The molecule has 2 fully saturated rings. The van der Waals surface area contributed by atoms with E-state index in [1.165, 1.54) is 17.3 Å². The smallest absolute Gasteiger partial charge is 0.341 e. The van der Waals surface area contributed by atoms with Gasteiger partial charge in [0.2, 0.25) is 16.5 Å². The maximum atomic E-state index is 15.0. The second-order valence-electron chi connectivity index (χ2n) is 8.38. The van der Waals surface area contributed by atoms with Gasteiger partial charge in [-0.1, -0.05) is 19.3 Å². The SMILES string of the molecule is O=C(O)c1cn(-c2ncns2)c2nc(N3CC(C(=O)NC4CCCCC4)C3)c(F)cc2c1=O. The molecule has 3 aromatic heterocycles. The Labute approximate surface area is 191 Å². The van der Waals surface area contributed by atoms with E-state index in [2.05, 4.69) is 19.7 Å². The first-order valence-electron chi connectivity index (χ1n) is 10.7. The van der Waals surface area contributed by atoms with E-state index < -0.39 is 22.8 Å². The predicted octanol–water partition coefficient (Wildman–Crippen LogP) is 1.96. The molecular weight excluding hydrogens is 451 g/mol. The largest absolute Gasteiger partial charge is 0.477 e. The molecule has 1 aliphatic carbocycles. The molecule has 0 bridgehead atoms. The van der Waals surface area contributed by atoms with Crippen molar-refractivity contribution in [2.75, 3.05) is 18.0 Å². The van der Waals surface area contributed by atoms with Crippen molar-refractivity contribution in [3.05, 3.63) is 40.2 Å². The molecule has 5 rings (SSSR count). The molecule has 1 amide bonds. The Morgan fingerprint density at radius 2 is 1.97 bits per heavy atom. The van der Waals surface area contributed by atoms with Gasteiger partial charge < -0.3 is 15.3 Å². The Balaban J connectivity index is 1.44. The number of hydrogen-bond donors (Lipinski definition) is 2. The minimum atomic E-state index is -1.43. The lowest BCUT2D eigenvalue weighted by Crippen LogP contribution is -2.55. The molecule has 10 nitrogen and oxygen atoms in total. The van der Waals surface area contributed by atoms with Crippen molar-refractivity contribution in [1.82, 2.24) is 24.2 Å². The summed E-state index contributed by atoms with van der Waals surface area (Å²) in [5, 5.41) is 12.6. The molecule has 2 N–H and O–H groups in total. The van der Waals surface area contributed by atoms with Gasteiger partial charge in [-0.2, -0.15) is 4.37 Å². The Morgan fingerprint density at radius 1 is 1.21 bits per heavy atom. The van der Waals surface area contributed by atoms with E-state index in [1.807, 2.05) is 0 Å². The van der Waals surface area contributed by atoms with Gasteiger partial charge >= 0.3 is 5.97 Å². The van der Waals surface area contributed by atoms with Crippen molar-refractivity contribution in [3.63, 3.8) is 0 Å². The van der Waals surface area contributed by atoms with Crippen LogP contribution >= 0.6 is 11.5 Å². The normalized spacial score (nSPS) is 17.2. The average molecular weight is 473 g/mol. The van der Waals surface area contributed by atoms with Gasteiger partial charge in [-0.15, -0.1) is 0 Å². The third-order valence-corrected chi connectivity index (χ3v) is 6.87. The van der Waals surface area contributed by atoms with Crippen molar-refractivity contribution in [2.24, 2.45) is 5.92 Å². The fourth-order valence-corrected chi connectivity index (χ4v) is 4.90. The zero-order chi connectivity index (χ0) is 23.1. The van der Waals surface area contributed by atoms with Gasteiger partial charge in [0.1, 0.15) is 11.9 Å². The Morgan fingerprint density at radius 3 is 2.64 bits per heavy atom. The van der Waals surface area contributed by atoms with E-state index in [0.29, 0.717) is 18.2 Å². The van der Waals surface area contributed by atoms with E-state index >= 15 is 0 Å². The quantitative estimate of drug-likeness (QED) is 0.576. The molecule has 12 heteroatoms. The first-order valence-corrected chi connectivity index (χ1v) is 11.5. The first kappa shape index (κ1) is 21.4. The van der Waals surface area contributed by atoms with E-state index in [9.17, 15) is 23.9 Å². The van der Waals surface area contributed by atoms with Crippen LogP contribution in [-0.2, 0) is 4.79 Å². The molecule has 0 aromatic carbocycles. The van der Waals surface area contributed by atoms with Gasteiger partial charge in [-0.3, -0.25) is 14.2 Å². The fourth-order valence-electron chi connectivity index (χ4n) is 4.39. The lowest BCUT2D eigenvalue weighted by molar-refractivity contribution is -0.126. The lowest BCUT2D eigenvalue weighted by atomic mass is 9.93. The first-order chi connectivity index (χ1) is 15.9. The van der Waals surface area contributed by atoms with Crippen LogP contribution in [0.15, 0.2) is 23.4 Å². The maximum absolute atomic E-state index is 15.0. The number of fused-ring (bicyclic) bond motifs is 1. The van der Waals surface area contributed by atoms with Crippen molar-refractivity contribution in [1.29, 1.82) is 0 Å². The summed E-state index contributed by atoms with van der Waals surface area (Å²) in [6, 6.07) is 1.21. The van der Waals surface area contributed by atoms with Gasteiger partial charge in [0, 0.05) is 36.9 Å². The third-order valence-electron chi connectivity index (χ3n) is 6.20.